The molecule has 0 aromatic heterocycles. The molecule has 1 atom stereocenters. The van der Waals surface area contributed by atoms with Crippen molar-refractivity contribution in [1.29, 1.82) is 0 Å². The lowest BCUT2D eigenvalue weighted by molar-refractivity contribution is -0.143. The summed E-state index contributed by atoms with van der Waals surface area (Å²) in [7, 11) is 0. The van der Waals surface area contributed by atoms with Crippen LogP contribution in [0, 0.1) is 0 Å². The SMILES string of the molecule is CCc1ccc2c(c1)CC(N)(C(=O)O)CCN2C(C)=O. The van der Waals surface area contributed by atoms with Gasteiger partial charge in [0.15, 0.2) is 0 Å². The van der Waals surface area contributed by atoms with Crippen molar-refractivity contribution in [2.45, 2.75) is 38.6 Å². The first-order valence-corrected chi connectivity index (χ1v) is 6.79. The quantitative estimate of drug-likeness (QED) is 0.853. The first-order chi connectivity index (χ1) is 9.37. The zero-order chi connectivity index (χ0) is 14.9. The Bertz CT molecular complexity index is 556. The molecule has 1 amide bonds. The first-order valence-electron chi connectivity index (χ1n) is 6.79. The molecule has 1 unspecified atom stereocenters. The molecular weight excluding hydrogens is 256 g/mol. The number of rotatable bonds is 2. The van der Waals surface area contributed by atoms with E-state index in [0.29, 0.717) is 6.54 Å². The molecular formula is C15H20N2O3. The van der Waals surface area contributed by atoms with E-state index >= 15 is 0 Å². The van der Waals surface area contributed by atoms with E-state index in [9.17, 15) is 14.7 Å². The number of nitrogens with zero attached hydrogens (tertiary/aromatic N) is 1. The molecule has 0 saturated heterocycles. The Morgan fingerprint density at radius 2 is 2.15 bits per heavy atom. The molecule has 1 aliphatic heterocycles. The van der Waals surface area contributed by atoms with Crippen molar-refractivity contribution in [1.82, 2.24) is 0 Å². The van der Waals surface area contributed by atoms with Crippen LogP contribution in [-0.4, -0.2) is 29.1 Å². The number of aliphatic carboxylic acids is 1. The molecule has 20 heavy (non-hydrogen) atoms. The molecule has 108 valence electrons. The van der Waals surface area contributed by atoms with Crippen LogP contribution in [0.1, 0.15) is 31.4 Å². The molecule has 1 aromatic carbocycles. The molecule has 0 radical (unpaired) electrons. The van der Waals surface area contributed by atoms with Crippen LogP contribution in [0.25, 0.3) is 0 Å². The molecule has 1 aliphatic rings. The van der Waals surface area contributed by atoms with Crippen molar-refractivity contribution in [3.63, 3.8) is 0 Å². The van der Waals surface area contributed by atoms with Crippen LogP contribution in [0.2, 0.25) is 0 Å². The number of carboxylic acids is 1. The highest BCUT2D eigenvalue weighted by Gasteiger charge is 2.38. The summed E-state index contributed by atoms with van der Waals surface area (Å²) >= 11 is 0. The number of carbonyl (C=O) groups is 2. The summed E-state index contributed by atoms with van der Waals surface area (Å²) in [6.07, 6.45) is 1.35. The second-order valence-corrected chi connectivity index (χ2v) is 5.38. The normalized spacial score (nSPS) is 22.1. The van der Waals surface area contributed by atoms with Gasteiger partial charge < -0.3 is 15.7 Å². The van der Waals surface area contributed by atoms with Crippen LogP contribution in [0.5, 0.6) is 0 Å². The summed E-state index contributed by atoms with van der Waals surface area (Å²) in [6.45, 7) is 3.85. The molecule has 5 heteroatoms. The third-order valence-electron chi connectivity index (χ3n) is 3.94. The minimum atomic E-state index is -1.31. The van der Waals surface area contributed by atoms with Crippen molar-refractivity contribution < 1.29 is 14.7 Å². The summed E-state index contributed by atoms with van der Waals surface area (Å²) in [5.74, 6) is -1.11. The Balaban J connectivity index is 2.53. The van der Waals surface area contributed by atoms with Crippen molar-refractivity contribution >= 4 is 17.6 Å². The number of carboxylic acid groups (broad SMARTS) is 1. The molecule has 0 spiro atoms. The van der Waals surface area contributed by atoms with E-state index < -0.39 is 11.5 Å². The number of anilines is 1. The molecule has 3 N–H and O–H groups in total. The highest BCUT2D eigenvalue weighted by Crippen LogP contribution is 2.31. The Hall–Kier alpha value is -1.88. The van der Waals surface area contributed by atoms with Crippen LogP contribution in [-0.2, 0) is 22.4 Å². The van der Waals surface area contributed by atoms with E-state index in [0.717, 1.165) is 23.2 Å². The first kappa shape index (κ1) is 14.5. The average molecular weight is 276 g/mol. The van der Waals surface area contributed by atoms with Gasteiger partial charge in [0.2, 0.25) is 5.91 Å². The van der Waals surface area contributed by atoms with E-state index in [2.05, 4.69) is 0 Å². The van der Waals surface area contributed by atoms with Crippen LogP contribution < -0.4 is 10.6 Å². The highest BCUT2D eigenvalue weighted by molar-refractivity contribution is 5.93. The van der Waals surface area contributed by atoms with Crippen molar-refractivity contribution in [3.05, 3.63) is 29.3 Å². The van der Waals surface area contributed by atoms with Gasteiger partial charge in [-0.15, -0.1) is 0 Å². The fraction of sp³-hybridized carbons (Fsp3) is 0.467. The maximum absolute atomic E-state index is 11.8. The Morgan fingerprint density at radius 1 is 1.45 bits per heavy atom. The number of carbonyl (C=O) groups excluding carboxylic acids is 1. The van der Waals surface area contributed by atoms with Gasteiger partial charge in [-0.25, -0.2) is 0 Å². The van der Waals surface area contributed by atoms with Gasteiger partial charge in [0.1, 0.15) is 5.54 Å². The molecule has 1 aromatic rings. The van der Waals surface area contributed by atoms with Crippen LogP contribution in [0.15, 0.2) is 18.2 Å². The molecule has 0 saturated carbocycles. The number of hydrogen-bond donors (Lipinski definition) is 2. The van der Waals surface area contributed by atoms with Crippen LogP contribution in [0.3, 0.4) is 0 Å². The molecule has 0 aliphatic carbocycles. The van der Waals surface area contributed by atoms with Crippen molar-refractivity contribution in [2.75, 3.05) is 11.4 Å². The Labute approximate surface area is 118 Å². The van der Waals surface area contributed by atoms with Gasteiger partial charge in [-0.3, -0.25) is 9.59 Å². The highest BCUT2D eigenvalue weighted by atomic mass is 16.4. The lowest BCUT2D eigenvalue weighted by Gasteiger charge is -2.23. The van der Waals surface area contributed by atoms with E-state index in [1.54, 1.807) is 4.90 Å². The monoisotopic (exact) mass is 276 g/mol. The fourth-order valence-electron chi connectivity index (χ4n) is 2.63. The maximum Gasteiger partial charge on any atom is 0.324 e. The van der Waals surface area contributed by atoms with Gasteiger partial charge >= 0.3 is 5.97 Å². The van der Waals surface area contributed by atoms with Gasteiger partial charge in [-0.1, -0.05) is 19.1 Å². The minimum Gasteiger partial charge on any atom is -0.480 e. The van der Waals surface area contributed by atoms with Crippen molar-refractivity contribution in [2.24, 2.45) is 5.73 Å². The van der Waals surface area contributed by atoms with E-state index in [1.165, 1.54) is 6.92 Å². The van der Waals surface area contributed by atoms with Crippen LogP contribution >= 0.6 is 0 Å². The van der Waals surface area contributed by atoms with Crippen LogP contribution in [0.4, 0.5) is 5.69 Å². The molecule has 2 rings (SSSR count). The lowest BCUT2D eigenvalue weighted by atomic mass is 9.89. The summed E-state index contributed by atoms with van der Waals surface area (Å²) in [5.41, 5.74) is 7.45. The Morgan fingerprint density at radius 3 is 2.70 bits per heavy atom. The smallest absolute Gasteiger partial charge is 0.324 e. The summed E-state index contributed by atoms with van der Waals surface area (Å²) in [4.78, 5) is 24.8. The van der Waals surface area contributed by atoms with Crippen molar-refractivity contribution in [3.8, 4) is 0 Å². The molecule has 0 bridgehead atoms. The number of benzene rings is 1. The second-order valence-electron chi connectivity index (χ2n) is 5.38. The van der Waals surface area contributed by atoms with E-state index in [-0.39, 0.29) is 18.7 Å². The number of aryl methyl sites for hydroxylation is 1. The predicted molar refractivity (Wildman–Crippen MR) is 76.7 cm³/mol. The standard InChI is InChI=1S/C15H20N2O3/c1-3-11-4-5-13-12(8-11)9-15(16,14(19)20)6-7-17(13)10(2)18/h4-5,8H,3,6-7,9,16H2,1-2H3,(H,19,20). The zero-order valence-electron chi connectivity index (χ0n) is 11.8. The van der Waals surface area contributed by atoms with Gasteiger partial charge in [-0.05, 0) is 30.0 Å². The number of amides is 1. The van der Waals surface area contributed by atoms with Gasteiger partial charge in [0, 0.05) is 25.6 Å². The predicted octanol–water partition coefficient (Wildman–Crippen LogP) is 1.33. The maximum atomic E-state index is 11.8. The van der Waals surface area contributed by atoms with Gasteiger partial charge in [-0.2, -0.15) is 0 Å². The third-order valence-corrected chi connectivity index (χ3v) is 3.94. The zero-order valence-corrected chi connectivity index (χ0v) is 11.8. The average Bonchev–Trinajstić information content (AvgIpc) is 2.54. The summed E-state index contributed by atoms with van der Waals surface area (Å²) in [6, 6.07) is 5.82. The van der Waals surface area contributed by atoms with Gasteiger partial charge in [0.25, 0.3) is 0 Å². The van der Waals surface area contributed by atoms with E-state index in [1.807, 2.05) is 25.1 Å². The topological polar surface area (TPSA) is 83.6 Å². The summed E-state index contributed by atoms with van der Waals surface area (Å²) in [5, 5.41) is 9.37. The minimum absolute atomic E-state index is 0.0925. The van der Waals surface area contributed by atoms with E-state index in [4.69, 9.17) is 5.73 Å². The number of fused-ring (bicyclic) bond motifs is 1. The molecule has 1 heterocycles. The third kappa shape index (κ3) is 2.54. The lowest BCUT2D eigenvalue weighted by Crippen LogP contribution is -2.50. The Kier molecular flexibility index (Phi) is 3.81. The summed E-state index contributed by atoms with van der Waals surface area (Å²) < 4.78 is 0. The van der Waals surface area contributed by atoms with Gasteiger partial charge in [0.05, 0.1) is 0 Å². The number of nitrogens with two attached hydrogens (primary N) is 1. The number of hydrogen-bond acceptors (Lipinski definition) is 3. The second kappa shape index (κ2) is 5.25. The fourth-order valence-corrected chi connectivity index (χ4v) is 2.63. The largest absolute Gasteiger partial charge is 0.480 e. The molecule has 0 fully saturated rings. The molecule has 5 nitrogen and oxygen atoms in total.